The minimum atomic E-state index is 0.618. The Kier molecular flexibility index (Phi) is 4.87. The number of nitrogens with one attached hydrogen (secondary N) is 1. The highest BCUT2D eigenvalue weighted by atomic mass is 35.5. The molecule has 3 nitrogen and oxygen atoms in total. The summed E-state index contributed by atoms with van der Waals surface area (Å²) in [6.45, 7) is 3.24. The SMILES string of the molecule is CNC1CCCN(Cc2ccc(OC)c(Cl)c2)C1. The first-order valence-electron chi connectivity index (χ1n) is 6.45. The topological polar surface area (TPSA) is 24.5 Å². The molecule has 1 fully saturated rings. The number of ether oxygens (including phenoxy) is 1. The van der Waals surface area contributed by atoms with Gasteiger partial charge in [0.15, 0.2) is 0 Å². The molecule has 0 saturated carbocycles. The summed E-state index contributed by atoms with van der Waals surface area (Å²) in [5.74, 6) is 0.743. The van der Waals surface area contributed by atoms with E-state index in [0.717, 1.165) is 18.8 Å². The number of hydrogen-bond donors (Lipinski definition) is 1. The highest BCUT2D eigenvalue weighted by Crippen LogP contribution is 2.26. The van der Waals surface area contributed by atoms with E-state index < -0.39 is 0 Å². The third kappa shape index (κ3) is 3.37. The van der Waals surface area contributed by atoms with Crippen molar-refractivity contribution in [1.29, 1.82) is 0 Å². The van der Waals surface area contributed by atoms with Crippen LogP contribution in [-0.4, -0.2) is 38.2 Å². The molecule has 0 amide bonds. The molecular formula is C14H21ClN2O. The first-order chi connectivity index (χ1) is 8.72. The smallest absolute Gasteiger partial charge is 0.137 e. The van der Waals surface area contributed by atoms with Crippen molar-refractivity contribution in [2.45, 2.75) is 25.4 Å². The fraction of sp³-hybridized carbons (Fsp3) is 0.571. The third-order valence-corrected chi connectivity index (χ3v) is 3.83. The predicted octanol–water partition coefficient (Wildman–Crippen LogP) is 2.53. The van der Waals surface area contributed by atoms with Gasteiger partial charge in [0.25, 0.3) is 0 Å². The van der Waals surface area contributed by atoms with Crippen LogP contribution < -0.4 is 10.1 Å². The summed E-state index contributed by atoms with van der Waals surface area (Å²) in [6, 6.07) is 6.65. The van der Waals surface area contributed by atoms with Crippen molar-refractivity contribution in [2.75, 3.05) is 27.2 Å². The Hall–Kier alpha value is -0.770. The van der Waals surface area contributed by atoms with E-state index in [1.807, 2.05) is 19.2 Å². The van der Waals surface area contributed by atoms with Crippen molar-refractivity contribution >= 4 is 11.6 Å². The van der Waals surface area contributed by atoms with Gasteiger partial charge in [-0.15, -0.1) is 0 Å². The van der Waals surface area contributed by atoms with Gasteiger partial charge in [0, 0.05) is 19.1 Å². The molecule has 100 valence electrons. The molecular weight excluding hydrogens is 248 g/mol. The lowest BCUT2D eigenvalue weighted by Crippen LogP contribution is -2.43. The number of methoxy groups -OCH3 is 1. The predicted molar refractivity (Wildman–Crippen MR) is 75.4 cm³/mol. The number of rotatable bonds is 4. The summed E-state index contributed by atoms with van der Waals surface area (Å²) in [5.41, 5.74) is 1.25. The molecule has 1 N–H and O–H groups in total. The van der Waals surface area contributed by atoms with Crippen LogP contribution in [0, 0.1) is 0 Å². The number of likely N-dealkylation sites (tertiary alicyclic amines) is 1. The van der Waals surface area contributed by atoms with Gasteiger partial charge in [-0.3, -0.25) is 4.90 Å². The molecule has 1 saturated heterocycles. The lowest BCUT2D eigenvalue weighted by Gasteiger charge is -2.32. The number of halogens is 1. The summed E-state index contributed by atoms with van der Waals surface area (Å²) in [7, 11) is 3.68. The highest BCUT2D eigenvalue weighted by Gasteiger charge is 2.18. The van der Waals surface area contributed by atoms with Crippen LogP contribution in [0.25, 0.3) is 0 Å². The molecule has 2 rings (SSSR count). The third-order valence-electron chi connectivity index (χ3n) is 3.54. The minimum absolute atomic E-state index is 0.618. The summed E-state index contributed by atoms with van der Waals surface area (Å²) >= 11 is 6.15. The number of benzene rings is 1. The zero-order valence-corrected chi connectivity index (χ0v) is 11.8. The van der Waals surface area contributed by atoms with Gasteiger partial charge in [-0.25, -0.2) is 0 Å². The van der Waals surface area contributed by atoms with Crippen molar-refractivity contribution < 1.29 is 4.74 Å². The molecule has 0 bridgehead atoms. The van der Waals surface area contributed by atoms with E-state index in [1.54, 1.807) is 7.11 Å². The van der Waals surface area contributed by atoms with Crippen molar-refractivity contribution in [3.8, 4) is 5.75 Å². The Bertz CT molecular complexity index is 397. The molecule has 1 aliphatic heterocycles. The van der Waals surface area contributed by atoms with Gasteiger partial charge < -0.3 is 10.1 Å². The van der Waals surface area contributed by atoms with Crippen molar-refractivity contribution in [2.24, 2.45) is 0 Å². The lowest BCUT2D eigenvalue weighted by atomic mass is 10.1. The lowest BCUT2D eigenvalue weighted by molar-refractivity contribution is 0.188. The maximum Gasteiger partial charge on any atom is 0.137 e. The first kappa shape index (κ1) is 13.7. The van der Waals surface area contributed by atoms with Gasteiger partial charge in [-0.2, -0.15) is 0 Å². The first-order valence-corrected chi connectivity index (χ1v) is 6.82. The Labute approximate surface area is 114 Å². The van der Waals surface area contributed by atoms with E-state index in [-0.39, 0.29) is 0 Å². The van der Waals surface area contributed by atoms with E-state index in [9.17, 15) is 0 Å². The number of piperidine rings is 1. The van der Waals surface area contributed by atoms with E-state index in [4.69, 9.17) is 16.3 Å². The van der Waals surface area contributed by atoms with Crippen molar-refractivity contribution in [3.05, 3.63) is 28.8 Å². The van der Waals surface area contributed by atoms with Crippen LogP contribution >= 0.6 is 11.6 Å². The van der Waals surface area contributed by atoms with Crippen molar-refractivity contribution in [1.82, 2.24) is 10.2 Å². The molecule has 18 heavy (non-hydrogen) atoms. The minimum Gasteiger partial charge on any atom is -0.495 e. The van der Waals surface area contributed by atoms with Crippen LogP contribution in [0.1, 0.15) is 18.4 Å². The molecule has 1 aromatic carbocycles. The fourth-order valence-electron chi connectivity index (χ4n) is 2.50. The standard InChI is InChI=1S/C14H21ClN2O/c1-16-12-4-3-7-17(10-12)9-11-5-6-14(18-2)13(15)8-11/h5-6,8,12,16H,3-4,7,9-10H2,1-2H3. The molecule has 0 radical (unpaired) electrons. The average molecular weight is 269 g/mol. The van der Waals surface area contributed by atoms with Gasteiger partial charge in [0.1, 0.15) is 5.75 Å². The van der Waals surface area contributed by atoms with Crippen LogP contribution in [0.2, 0.25) is 5.02 Å². The monoisotopic (exact) mass is 268 g/mol. The maximum absolute atomic E-state index is 6.15. The summed E-state index contributed by atoms with van der Waals surface area (Å²) < 4.78 is 5.17. The number of nitrogens with zero attached hydrogens (tertiary/aromatic N) is 1. The Morgan fingerprint density at radius 3 is 3.00 bits per heavy atom. The normalized spacial score (nSPS) is 20.9. The van der Waals surface area contributed by atoms with E-state index in [0.29, 0.717) is 11.1 Å². The molecule has 1 aliphatic rings. The molecule has 1 atom stereocenters. The molecule has 1 heterocycles. The van der Waals surface area contributed by atoms with Crippen LogP contribution in [0.5, 0.6) is 5.75 Å². The van der Waals surface area contributed by atoms with E-state index >= 15 is 0 Å². The van der Waals surface area contributed by atoms with Crippen LogP contribution in [0.4, 0.5) is 0 Å². The zero-order valence-electron chi connectivity index (χ0n) is 11.1. The Balaban J connectivity index is 1.98. The molecule has 0 aliphatic carbocycles. The zero-order chi connectivity index (χ0) is 13.0. The van der Waals surface area contributed by atoms with Crippen LogP contribution in [0.3, 0.4) is 0 Å². The summed E-state index contributed by atoms with van der Waals surface area (Å²) in [6.07, 6.45) is 2.53. The molecule has 0 spiro atoms. The maximum atomic E-state index is 6.15. The van der Waals surface area contributed by atoms with Gasteiger partial charge in [0.2, 0.25) is 0 Å². The van der Waals surface area contributed by atoms with Gasteiger partial charge in [-0.1, -0.05) is 17.7 Å². The van der Waals surface area contributed by atoms with Crippen LogP contribution in [-0.2, 0) is 6.54 Å². The van der Waals surface area contributed by atoms with E-state index in [2.05, 4.69) is 16.3 Å². The molecule has 4 heteroatoms. The Morgan fingerprint density at radius 2 is 2.33 bits per heavy atom. The van der Waals surface area contributed by atoms with Crippen LogP contribution in [0.15, 0.2) is 18.2 Å². The Morgan fingerprint density at radius 1 is 1.50 bits per heavy atom. The van der Waals surface area contributed by atoms with E-state index in [1.165, 1.54) is 24.9 Å². The molecule has 1 unspecified atom stereocenters. The largest absolute Gasteiger partial charge is 0.495 e. The second-order valence-corrected chi connectivity index (χ2v) is 5.24. The second kappa shape index (κ2) is 6.41. The fourth-order valence-corrected chi connectivity index (χ4v) is 2.78. The van der Waals surface area contributed by atoms with Gasteiger partial charge in [-0.05, 0) is 44.1 Å². The second-order valence-electron chi connectivity index (χ2n) is 4.83. The summed E-state index contributed by atoms with van der Waals surface area (Å²) in [4.78, 5) is 2.48. The quantitative estimate of drug-likeness (QED) is 0.908. The number of likely N-dealkylation sites (N-methyl/N-ethyl adjacent to an activating group) is 1. The summed E-state index contributed by atoms with van der Waals surface area (Å²) in [5, 5.41) is 4.05. The van der Waals surface area contributed by atoms with Crippen molar-refractivity contribution in [3.63, 3.8) is 0 Å². The molecule has 0 aromatic heterocycles. The number of hydrogen-bond acceptors (Lipinski definition) is 3. The van der Waals surface area contributed by atoms with Gasteiger partial charge >= 0.3 is 0 Å². The van der Waals surface area contributed by atoms with Gasteiger partial charge in [0.05, 0.1) is 12.1 Å². The molecule has 1 aromatic rings. The highest BCUT2D eigenvalue weighted by molar-refractivity contribution is 6.32. The average Bonchev–Trinajstić information content (AvgIpc) is 2.39.